The minimum absolute atomic E-state index is 0.0266. The van der Waals surface area contributed by atoms with E-state index >= 15 is 0 Å². The van der Waals surface area contributed by atoms with Crippen molar-refractivity contribution >= 4 is 11.6 Å². The number of alkyl halides is 1. The summed E-state index contributed by atoms with van der Waals surface area (Å²) in [7, 11) is 1.76. The van der Waals surface area contributed by atoms with Crippen molar-refractivity contribution in [2.45, 2.75) is 57.4 Å². The number of halogens is 1. The SMILES string of the molecule is COC(c1ncc(C(C)Cl)c(C)n1)C1CCCCC1. The molecule has 0 aromatic carbocycles. The average Bonchev–Trinajstić information content (AvgIpc) is 2.40. The van der Waals surface area contributed by atoms with Gasteiger partial charge in [-0.3, -0.25) is 0 Å². The smallest absolute Gasteiger partial charge is 0.157 e. The highest BCUT2D eigenvalue weighted by Crippen LogP contribution is 2.35. The molecular weight excluding hydrogens is 260 g/mol. The van der Waals surface area contributed by atoms with Crippen molar-refractivity contribution in [3.05, 3.63) is 23.3 Å². The fraction of sp³-hybridized carbons (Fsp3) is 0.733. The lowest BCUT2D eigenvalue weighted by Crippen LogP contribution is -2.20. The topological polar surface area (TPSA) is 35.0 Å². The Morgan fingerprint density at radius 2 is 2.00 bits per heavy atom. The highest BCUT2D eigenvalue weighted by molar-refractivity contribution is 6.20. The van der Waals surface area contributed by atoms with Crippen LogP contribution < -0.4 is 0 Å². The summed E-state index contributed by atoms with van der Waals surface area (Å²) >= 11 is 6.11. The van der Waals surface area contributed by atoms with Gasteiger partial charge in [0.1, 0.15) is 6.10 Å². The largest absolute Gasteiger partial charge is 0.373 e. The zero-order valence-electron chi connectivity index (χ0n) is 12.0. The molecule has 1 aromatic rings. The minimum Gasteiger partial charge on any atom is -0.373 e. The number of aryl methyl sites for hydroxylation is 1. The summed E-state index contributed by atoms with van der Waals surface area (Å²) in [5.74, 6) is 1.37. The lowest BCUT2D eigenvalue weighted by molar-refractivity contribution is 0.0287. The van der Waals surface area contributed by atoms with Crippen molar-refractivity contribution in [3.8, 4) is 0 Å². The predicted molar refractivity (Wildman–Crippen MR) is 77.4 cm³/mol. The van der Waals surface area contributed by atoms with Gasteiger partial charge in [0.2, 0.25) is 0 Å². The Hall–Kier alpha value is -0.670. The van der Waals surface area contributed by atoms with E-state index in [0.717, 1.165) is 17.1 Å². The average molecular weight is 283 g/mol. The summed E-state index contributed by atoms with van der Waals surface area (Å²) in [6, 6.07) is 0. The summed E-state index contributed by atoms with van der Waals surface area (Å²) < 4.78 is 5.67. The van der Waals surface area contributed by atoms with Gasteiger partial charge >= 0.3 is 0 Å². The van der Waals surface area contributed by atoms with Crippen LogP contribution in [0.1, 0.15) is 67.6 Å². The Morgan fingerprint density at radius 3 is 2.53 bits per heavy atom. The van der Waals surface area contributed by atoms with Crippen LogP contribution in [0.5, 0.6) is 0 Å². The number of ether oxygens (including phenoxy) is 1. The van der Waals surface area contributed by atoms with E-state index in [4.69, 9.17) is 16.3 Å². The van der Waals surface area contributed by atoms with E-state index in [9.17, 15) is 0 Å². The van der Waals surface area contributed by atoms with Crippen LogP contribution in [0.4, 0.5) is 0 Å². The summed E-state index contributed by atoms with van der Waals surface area (Å²) in [6.07, 6.45) is 8.24. The maximum Gasteiger partial charge on any atom is 0.157 e. The van der Waals surface area contributed by atoms with E-state index in [1.165, 1.54) is 32.1 Å². The molecule has 1 heterocycles. The van der Waals surface area contributed by atoms with Gasteiger partial charge in [0, 0.05) is 24.6 Å². The normalized spacial score (nSPS) is 20.2. The lowest BCUT2D eigenvalue weighted by Gasteiger charge is -2.28. The molecule has 0 bridgehead atoms. The van der Waals surface area contributed by atoms with Crippen LogP contribution in [0.3, 0.4) is 0 Å². The van der Waals surface area contributed by atoms with E-state index in [1.807, 2.05) is 20.0 Å². The molecule has 1 aliphatic rings. The van der Waals surface area contributed by atoms with Gasteiger partial charge in [0.05, 0.1) is 5.38 Å². The zero-order chi connectivity index (χ0) is 13.8. The second kappa shape index (κ2) is 6.67. The maximum atomic E-state index is 6.11. The van der Waals surface area contributed by atoms with Crippen LogP contribution in [-0.2, 0) is 4.74 Å². The third-order valence-electron chi connectivity index (χ3n) is 4.05. The Labute approximate surface area is 120 Å². The van der Waals surface area contributed by atoms with Crippen molar-refractivity contribution in [1.29, 1.82) is 0 Å². The molecule has 2 rings (SSSR count). The monoisotopic (exact) mass is 282 g/mol. The Morgan fingerprint density at radius 1 is 1.32 bits per heavy atom. The first-order valence-electron chi connectivity index (χ1n) is 7.13. The highest BCUT2D eigenvalue weighted by atomic mass is 35.5. The molecule has 1 saturated carbocycles. The third kappa shape index (κ3) is 3.46. The Kier molecular flexibility index (Phi) is 5.17. The number of rotatable bonds is 4. The third-order valence-corrected chi connectivity index (χ3v) is 4.29. The van der Waals surface area contributed by atoms with Crippen molar-refractivity contribution < 1.29 is 4.74 Å². The molecule has 1 aliphatic carbocycles. The number of aromatic nitrogens is 2. The summed E-state index contributed by atoms with van der Waals surface area (Å²) in [6.45, 7) is 3.94. The molecule has 2 atom stereocenters. The molecule has 3 nitrogen and oxygen atoms in total. The molecule has 1 fully saturated rings. The molecule has 0 radical (unpaired) electrons. The quantitative estimate of drug-likeness (QED) is 0.770. The van der Waals surface area contributed by atoms with Gasteiger partial charge in [-0.1, -0.05) is 19.3 Å². The molecule has 0 spiro atoms. The molecule has 0 amide bonds. The molecule has 19 heavy (non-hydrogen) atoms. The fourth-order valence-corrected chi connectivity index (χ4v) is 3.18. The number of methoxy groups -OCH3 is 1. The minimum atomic E-state index is -0.0512. The van der Waals surface area contributed by atoms with Crippen LogP contribution in [0, 0.1) is 12.8 Å². The number of nitrogens with zero attached hydrogens (tertiary/aromatic N) is 2. The second-order valence-electron chi connectivity index (χ2n) is 5.44. The van der Waals surface area contributed by atoms with Crippen molar-refractivity contribution in [3.63, 3.8) is 0 Å². The molecule has 106 valence electrons. The van der Waals surface area contributed by atoms with E-state index in [2.05, 4.69) is 9.97 Å². The molecule has 0 N–H and O–H groups in total. The van der Waals surface area contributed by atoms with Crippen LogP contribution in [0.2, 0.25) is 0 Å². The van der Waals surface area contributed by atoms with Crippen molar-refractivity contribution in [2.75, 3.05) is 7.11 Å². The maximum absolute atomic E-state index is 6.11. The summed E-state index contributed by atoms with van der Waals surface area (Å²) in [5, 5.41) is -0.0512. The predicted octanol–water partition coefficient (Wildman–Crippen LogP) is 4.35. The molecule has 4 heteroatoms. The van der Waals surface area contributed by atoms with Gasteiger partial charge in [-0.2, -0.15) is 0 Å². The van der Waals surface area contributed by atoms with E-state index < -0.39 is 0 Å². The molecule has 0 aliphatic heterocycles. The van der Waals surface area contributed by atoms with Crippen LogP contribution in [0.25, 0.3) is 0 Å². The molecule has 1 aromatic heterocycles. The van der Waals surface area contributed by atoms with Gasteiger partial charge in [0.25, 0.3) is 0 Å². The van der Waals surface area contributed by atoms with Crippen molar-refractivity contribution in [1.82, 2.24) is 9.97 Å². The highest BCUT2D eigenvalue weighted by Gasteiger charge is 2.27. The summed E-state index contributed by atoms with van der Waals surface area (Å²) in [5.41, 5.74) is 1.97. The molecule has 0 saturated heterocycles. The van der Waals surface area contributed by atoms with Crippen molar-refractivity contribution in [2.24, 2.45) is 5.92 Å². The van der Waals surface area contributed by atoms with E-state index in [-0.39, 0.29) is 11.5 Å². The van der Waals surface area contributed by atoms with Crippen LogP contribution in [0.15, 0.2) is 6.20 Å². The number of hydrogen-bond donors (Lipinski definition) is 0. The standard InChI is InChI=1S/C15H23ClN2O/c1-10(16)13-9-17-15(18-11(13)2)14(19-3)12-7-5-4-6-8-12/h9-10,12,14H,4-8H2,1-3H3. The van der Waals surface area contributed by atoms with Gasteiger partial charge in [-0.15, -0.1) is 11.6 Å². The zero-order valence-corrected chi connectivity index (χ0v) is 12.8. The molecule has 2 unspecified atom stereocenters. The van der Waals surface area contributed by atoms with E-state index in [1.54, 1.807) is 7.11 Å². The second-order valence-corrected chi connectivity index (χ2v) is 6.09. The Bertz CT molecular complexity index is 417. The van der Waals surface area contributed by atoms with Gasteiger partial charge in [-0.05, 0) is 32.6 Å². The first-order chi connectivity index (χ1) is 9.13. The van der Waals surface area contributed by atoms with Gasteiger partial charge < -0.3 is 4.74 Å². The number of hydrogen-bond acceptors (Lipinski definition) is 3. The fourth-order valence-electron chi connectivity index (χ4n) is 2.97. The van der Waals surface area contributed by atoms with Crippen LogP contribution in [-0.4, -0.2) is 17.1 Å². The van der Waals surface area contributed by atoms with E-state index in [0.29, 0.717) is 5.92 Å². The van der Waals surface area contributed by atoms with Gasteiger partial charge in [-0.25, -0.2) is 9.97 Å². The van der Waals surface area contributed by atoms with Crippen LogP contribution >= 0.6 is 11.6 Å². The first kappa shape index (κ1) is 14.7. The lowest BCUT2D eigenvalue weighted by atomic mass is 9.85. The summed E-state index contributed by atoms with van der Waals surface area (Å²) in [4.78, 5) is 9.11. The Balaban J connectivity index is 2.20. The van der Waals surface area contributed by atoms with Gasteiger partial charge in [0.15, 0.2) is 5.82 Å². The first-order valence-corrected chi connectivity index (χ1v) is 7.57. The molecular formula is C15H23ClN2O.